The lowest BCUT2D eigenvalue weighted by molar-refractivity contribution is 0.475. The van der Waals surface area contributed by atoms with Gasteiger partial charge in [0.25, 0.3) is 0 Å². The summed E-state index contributed by atoms with van der Waals surface area (Å²) < 4.78 is 0. The fourth-order valence-corrected chi connectivity index (χ4v) is 2.22. The van der Waals surface area contributed by atoms with Crippen molar-refractivity contribution in [2.45, 2.75) is 0 Å². The molecular formula is C19H14ClNO. The van der Waals surface area contributed by atoms with Crippen molar-refractivity contribution in [3.63, 3.8) is 0 Å². The second kappa shape index (κ2) is 6.46. The van der Waals surface area contributed by atoms with Crippen LogP contribution in [-0.2, 0) is 0 Å². The standard InChI is InChI=1S/C19H14ClNO/c20-17-7-1-14(2-8-17)13-21-18-9-3-15(4-10-18)16-5-11-19(22)12-6-16/h1-13,22H. The Bertz CT molecular complexity index is 775. The number of halogens is 1. The zero-order valence-corrected chi connectivity index (χ0v) is 12.5. The Morgan fingerprint density at radius 3 is 1.86 bits per heavy atom. The minimum absolute atomic E-state index is 0.271. The molecule has 0 aliphatic heterocycles. The molecule has 0 aromatic heterocycles. The lowest BCUT2D eigenvalue weighted by atomic mass is 10.1. The van der Waals surface area contributed by atoms with Gasteiger partial charge in [0.15, 0.2) is 0 Å². The van der Waals surface area contributed by atoms with Gasteiger partial charge in [0.05, 0.1) is 5.69 Å². The highest BCUT2D eigenvalue weighted by Crippen LogP contribution is 2.24. The fourth-order valence-electron chi connectivity index (χ4n) is 2.09. The van der Waals surface area contributed by atoms with Crippen molar-refractivity contribution in [3.05, 3.63) is 83.4 Å². The van der Waals surface area contributed by atoms with Gasteiger partial charge in [0.2, 0.25) is 0 Å². The van der Waals surface area contributed by atoms with E-state index < -0.39 is 0 Å². The number of aromatic hydroxyl groups is 1. The van der Waals surface area contributed by atoms with Crippen LogP contribution < -0.4 is 0 Å². The largest absolute Gasteiger partial charge is 0.508 e. The third kappa shape index (κ3) is 3.54. The number of hydrogen-bond acceptors (Lipinski definition) is 2. The molecule has 0 saturated carbocycles. The highest BCUT2D eigenvalue weighted by atomic mass is 35.5. The summed E-state index contributed by atoms with van der Waals surface area (Å²) >= 11 is 5.85. The highest BCUT2D eigenvalue weighted by molar-refractivity contribution is 6.30. The lowest BCUT2D eigenvalue weighted by Gasteiger charge is -2.02. The molecule has 0 atom stereocenters. The minimum atomic E-state index is 0.271. The SMILES string of the molecule is Oc1ccc(-c2ccc(N=Cc3ccc(Cl)cc3)cc2)cc1. The molecule has 0 bridgehead atoms. The Labute approximate surface area is 134 Å². The van der Waals surface area contributed by atoms with E-state index in [2.05, 4.69) is 4.99 Å². The molecule has 0 radical (unpaired) electrons. The Hall–Kier alpha value is -2.58. The normalized spacial score (nSPS) is 11.0. The molecule has 3 rings (SSSR count). The molecule has 0 amide bonds. The van der Waals surface area contributed by atoms with Crippen LogP contribution >= 0.6 is 11.6 Å². The first-order chi connectivity index (χ1) is 10.7. The van der Waals surface area contributed by atoms with Gasteiger partial charge in [0, 0.05) is 11.2 Å². The van der Waals surface area contributed by atoms with Crippen molar-refractivity contribution in [3.8, 4) is 16.9 Å². The Balaban J connectivity index is 1.76. The number of nitrogens with zero attached hydrogens (tertiary/aromatic N) is 1. The van der Waals surface area contributed by atoms with Crippen LogP contribution in [0.2, 0.25) is 5.02 Å². The molecule has 1 N–H and O–H groups in total. The Morgan fingerprint density at radius 2 is 1.27 bits per heavy atom. The topological polar surface area (TPSA) is 32.6 Å². The first kappa shape index (κ1) is 14.4. The summed E-state index contributed by atoms with van der Waals surface area (Å²) in [6.07, 6.45) is 1.81. The monoisotopic (exact) mass is 307 g/mol. The molecule has 0 heterocycles. The number of rotatable bonds is 3. The summed E-state index contributed by atoms with van der Waals surface area (Å²) in [5.41, 5.74) is 4.04. The average molecular weight is 308 g/mol. The molecular weight excluding hydrogens is 294 g/mol. The van der Waals surface area contributed by atoms with Gasteiger partial charge in [-0.15, -0.1) is 0 Å². The zero-order chi connectivity index (χ0) is 15.4. The van der Waals surface area contributed by atoms with Crippen molar-refractivity contribution < 1.29 is 5.11 Å². The van der Waals surface area contributed by atoms with Crippen molar-refractivity contribution >= 4 is 23.5 Å². The van der Waals surface area contributed by atoms with Gasteiger partial charge in [-0.1, -0.05) is 48.0 Å². The summed E-state index contributed by atoms with van der Waals surface area (Å²) in [7, 11) is 0. The van der Waals surface area contributed by atoms with Crippen LogP contribution in [0, 0.1) is 0 Å². The van der Waals surface area contributed by atoms with Gasteiger partial charge in [-0.3, -0.25) is 4.99 Å². The van der Waals surface area contributed by atoms with Crippen LogP contribution in [0.5, 0.6) is 5.75 Å². The van der Waals surface area contributed by atoms with Crippen molar-refractivity contribution in [1.29, 1.82) is 0 Å². The van der Waals surface area contributed by atoms with Crippen LogP contribution in [0.25, 0.3) is 11.1 Å². The summed E-state index contributed by atoms with van der Waals surface area (Å²) in [6, 6.07) is 22.7. The van der Waals surface area contributed by atoms with Crippen LogP contribution in [0.1, 0.15) is 5.56 Å². The molecule has 3 heteroatoms. The maximum absolute atomic E-state index is 9.32. The van der Waals surface area contributed by atoms with E-state index in [9.17, 15) is 5.11 Å². The molecule has 0 spiro atoms. The molecule has 0 fully saturated rings. The number of hydrogen-bond donors (Lipinski definition) is 1. The number of aliphatic imine (C=N–C) groups is 1. The average Bonchev–Trinajstić information content (AvgIpc) is 2.56. The first-order valence-electron chi connectivity index (χ1n) is 6.90. The maximum atomic E-state index is 9.32. The molecule has 0 aliphatic rings. The molecule has 22 heavy (non-hydrogen) atoms. The predicted octanol–water partition coefficient (Wildman–Crippen LogP) is 5.46. The fraction of sp³-hybridized carbons (Fsp3) is 0. The zero-order valence-electron chi connectivity index (χ0n) is 11.8. The quantitative estimate of drug-likeness (QED) is 0.640. The molecule has 3 aromatic carbocycles. The van der Waals surface area contributed by atoms with Gasteiger partial charge in [0.1, 0.15) is 5.75 Å². The molecule has 108 valence electrons. The van der Waals surface area contributed by atoms with Crippen molar-refractivity contribution in [2.24, 2.45) is 4.99 Å². The summed E-state index contributed by atoms with van der Waals surface area (Å²) in [5.74, 6) is 0.271. The molecule has 0 saturated heterocycles. The van der Waals surface area contributed by atoms with E-state index in [4.69, 9.17) is 11.6 Å². The van der Waals surface area contributed by atoms with Crippen LogP contribution in [0.4, 0.5) is 5.69 Å². The summed E-state index contributed by atoms with van der Waals surface area (Å²) in [4.78, 5) is 4.45. The summed E-state index contributed by atoms with van der Waals surface area (Å²) in [6.45, 7) is 0. The number of phenolic OH excluding ortho intramolecular Hbond substituents is 1. The smallest absolute Gasteiger partial charge is 0.115 e. The predicted molar refractivity (Wildman–Crippen MR) is 92.2 cm³/mol. The molecule has 0 unspecified atom stereocenters. The molecule has 3 aromatic rings. The maximum Gasteiger partial charge on any atom is 0.115 e. The van der Waals surface area contributed by atoms with Crippen molar-refractivity contribution in [2.75, 3.05) is 0 Å². The van der Waals surface area contributed by atoms with Crippen molar-refractivity contribution in [1.82, 2.24) is 0 Å². The Kier molecular flexibility index (Phi) is 4.22. The van der Waals surface area contributed by atoms with Gasteiger partial charge in [-0.05, 0) is 53.1 Å². The van der Waals surface area contributed by atoms with Gasteiger partial charge >= 0.3 is 0 Å². The second-order valence-electron chi connectivity index (χ2n) is 4.90. The third-order valence-electron chi connectivity index (χ3n) is 3.30. The van der Waals surface area contributed by atoms with E-state index in [1.54, 1.807) is 12.1 Å². The van der Waals surface area contributed by atoms with Gasteiger partial charge in [-0.25, -0.2) is 0 Å². The number of benzene rings is 3. The highest BCUT2D eigenvalue weighted by Gasteiger charge is 1.98. The third-order valence-corrected chi connectivity index (χ3v) is 3.55. The van der Waals surface area contributed by atoms with E-state index in [1.807, 2.05) is 66.9 Å². The molecule has 0 aliphatic carbocycles. The van der Waals surface area contributed by atoms with Gasteiger partial charge < -0.3 is 5.11 Å². The summed E-state index contributed by atoms with van der Waals surface area (Å²) in [5, 5.41) is 10.0. The van der Waals surface area contributed by atoms with E-state index >= 15 is 0 Å². The van der Waals surface area contributed by atoms with Crippen LogP contribution in [-0.4, -0.2) is 11.3 Å². The van der Waals surface area contributed by atoms with E-state index in [0.717, 1.165) is 27.4 Å². The lowest BCUT2D eigenvalue weighted by Crippen LogP contribution is -1.80. The Morgan fingerprint density at radius 1 is 0.727 bits per heavy atom. The van der Waals surface area contributed by atoms with Crippen LogP contribution in [0.3, 0.4) is 0 Å². The molecule has 2 nitrogen and oxygen atoms in total. The van der Waals surface area contributed by atoms with E-state index in [0.29, 0.717) is 0 Å². The number of phenols is 1. The second-order valence-corrected chi connectivity index (χ2v) is 5.34. The first-order valence-corrected chi connectivity index (χ1v) is 7.28. The van der Waals surface area contributed by atoms with Gasteiger partial charge in [-0.2, -0.15) is 0 Å². The van der Waals surface area contributed by atoms with E-state index in [1.165, 1.54) is 0 Å². The minimum Gasteiger partial charge on any atom is -0.508 e. The van der Waals surface area contributed by atoms with Crippen LogP contribution in [0.15, 0.2) is 77.8 Å². The van der Waals surface area contributed by atoms with E-state index in [-0.39, 0.29) is 5.75 Å².